The third kappa shape index (κ3) is 6.90. The second kappa shape index (κ2) is 11.4. The van der Waals surface area contributed by atoms with E-state index >= 15 is 4.39 Å². The molecule has 0 unspecified atom stereocenters. The van der Waals surface area contributed by atoms with Crippen LogP contribution in [0.25, 0.3) is 0 Å². The van der Waals surface area contributed by atoms with Crippen LogP contribution in [0.3, 0.4) is 0 Å². The first-order valence-electron chi connectivity index (χ1n) is 11.2. The average molecular weight is 588 g/mol. The zero-order chi connectivity index (χ0) is 27.6. The van der Waals surface area contributed by atoms with Gasteiger partial charge in [-0.3, -0.25) is 0 Å². The summed E-state index contributed by atoms with van der Waals surface area (Å²) in [7, 11) is -2.84. The first kappa shape index (κ1) is 28.0. The molecule has 204 valence electrons. The Balaban J connectivity index is 1.66. The summed E-state index contributed by atoms with van der Waals surface area (Å²) < 4.78 is 65.2. The lowest BCUT2D eigenvalue weighted by atomic mass is 9.99. The number of halogens is 3. The molecule has 0 fully saturated rings. The quantitative estimate of drug-likeness (QED) is 0.250. The van der Waals surface area contributed by atoms with Crippen LogP contribution in [0.15, 0.2) is 30.5 Å². The average Bonchev–Trinajstić information content (AvgIpc) is 2.81. The standard InChI is InChI=1S/C23H25ClF2N5O5PS/c1-31-6-5-13-8-19(34-2)18(7-14(13)12-31)28-23-27-11-16(24)22(30-23)29-21-17(25)9-15(36-38(26,32)33)10-20(21)35-37(3)4/h7-11H,5-6,12H2,1-4H3,(H2,27,28,29,30). The van der Waals surface area contributed by atoms with Gasteiger partial charge in [-0.2, -0.15) is 13.4 Å². The maximum absolute atomic E-state index is 15.0. The second-order valence-corrected chi connectivity index (χ2v) is 11.8. The molecule has 38 heavy (non-hydrogen) atoms. The monoisotopic (exact) mass is 587 g/mol. The molecule has 0 aliphatic carbocycles. The van der Waals surface area contributed by atoms with Crippen LogP contribution >= 0.6 is 19.7 Å². The Morgan fingerprint density at radius 1 is 1.13 bits per heavy atom. The zero-order valence-electron chi connectivity index (χ0n) is 20.9. The van der Waals surface area contributed by atoms with Crippen LogP contribution in [0, 0.1) is 5.82 Å². The number of nitrogens with one attached hydrogen (secondary N) is 2. The van der Waals surface area contributed by atoms with Crippen LogP contribution in [0.1, 0.15) is 11.1 Å². The molecule has 4 rings (SSSR count). The van der Waals surface area contributed by atoms with Gasteiger partial charge in [0.1, 0.15) is 16.5 Å². The molecule has 1 aliphatic rings. The SMILES string of the molecule is COc1cc2c(cc1Nc1ncc(Cl)c(Nc3c(F)cc(OS(=O)(=O)F)cc3OP(C)C)n1)CN(C)CC2. The van der Waals surface area contributed by atoms with E-state index in [1.165, 1.54) is 11.8 Å². The molecule has 1 aliphatic heterocycles. The number of benzene rings is 2. The van der Waals surface area contributed by atoms with Crippen LogP contribution in [0.2, 0.25) is 5.02 Å². The van der Waals surface area contributed by atoms with E-state index in [9.17, 15) is 12.3 Å². The number of hydrogen-bond acceptors (Lipinski definition) is 10. The molecule has 10 nitrogen and oxygen atoms in total. The molecular weight excluding hydrogens is 563 g/mol. The number of likely N-dealkylation sites (N-methyl/N-ethyl adjacent to an activating group) is 1. The van der Waals surface area contributed by atoms with Crippen molar-refractivity contribution in [2.45, 2.75) is 13.0 Å². The molecule has 2 heterocycles. The van der Waals surface area contributed by atoms with Crippen molar-refractivity contribution in [3.63, 3.8) is 0 Å². The fourth-order valence-electron chi connectivity index (χ4n) is 3.86. The third-order valence-electron chi connectivity index (χ3n) is 5.46. The molecule has 1 aromatic heterocycles. The lowest BCUT2D eigenvalue weighted by Gasteiger charge is -2.26. The first-order chi connectivity index (χ1) is 17.9. The van der Waals surface area contributed by atoms with Gasteiger partial charge >= 0.3 is 10.5 Å². The Hall–Kier alpha value is -2.99. The summed E-state index contributed by atoms with van der Waals surface area (Å²) in [6.45, 7) is 5.21. The largest absolute Gasteiger partial charge is 0.495 e. The molecule has 0 spiro atoms. The van der Waals surface area contributed by atoms with E-state index in [4.69, 9.17) is 20.9 Å². The molecule has 15 heteroatoms. The van der Waals surface area contributed by atoms with Gasteiger partial charge in [0.05, 0.1) is 27.1 Å². The van der Waals surface area contributed by atoms with Crippen LogP contribution in [0.4, 0.5) is 31.4 Å². The predicted molar refractivity (Wildman–Crippen MR) is 143 cm³/mol. The minimum atomic E-state index is -5.37. The van der Waals surface area contributed by atoms with Crippen molar-refractivity contribution >= 4 is 53.4 Å². The maximum Gasteiger partial charge on any atom is 0.488 e. The molecule has 0 saturated heterocycles. The van der Waals surface area contributed by atoms with Crippen LogP contribution in [0.5, 0.6) is 17.2 Å². The van der Waals surface area contributed by atoms with Gasteiger partial charge in [-0.05, 0) is 50.1 Å². The molecule has 0 saturated carbocycles. The Morgan fingerprint density at radius 3 is 2.58 bits per heavy atom. The summed E-state index contributed by atoms with van der Waals surface area (Å²) >= 11 is 6.29. The van der Waals surface area contributed by atoms with E-state index in [-0.39, 0.29) is 28.2 Å². The molecule has 0 atom stereocenters. The Labute approximate surface area is 225 Å². The van der Waals surface area contributed by atoms with Crippen LogP contribution < -0.4 is 24.1 Å². The third-order valence-corrected chi connectivity index (χ3v) is 6.69. The van der Waals surface area contributed by atoms with Gasteiger partial charge < -0.3 is 29.0 Å². The lowest BCUT2D eigenvalue weighted by molar-refractivity contribution is 0.312. The maximum atomic E-state index is 15.0. The number of aromatic nitrogens is 2. The smallest absolute Gasteiger partial charge is 0.488 e. The highest BCUT2D eigenvalue weighted by Gasteiger charge is 2.21. The van der Waals surface area contributed by atoms with Gasteiger partial charge in [0, 0.05) is 25.2 Å². The summed E-state index contributed by atoms with van der Waals surface area (Å²) in [5.74, 6) is -0.900. The van der Waals surface area contributed by atoms with E-state index in [0.29, 0.717) is 17.5 Å². The summed E-state index contributed by atoms with van der Waals surface area (Å²) in [5, 5.41) is 5.96. The van der Waals surface area contributed by atoms with Crippen LogP contribution in [-0.2, 0) is 23.5 Å². The zero-order valence-corrected chi connectivity index (χ0v) is 23.3. The summed E-state index contributed by atoms with van der Waals surface area (Å²) in [6.07, 6.45) is 2.23. The molecule has 0 radical (unpaired) electrons. The summed E-state index contributed by atoms with van der Waals surface area (Å²) in [5.41, 5.74) is 2.78. The number of anilines is 4. The summed E-state index contributed by atoms with van der Waals surface area (Å²) in [6, 6.07) is 5.70. The van der Waals surface area contributed by atoms with E-state index in [0.717, 1.165) is 31.1 Å². The Morgan fingerprint density at radius 2 is 1.89 bits per heavy atom. The highest BCUT2D eigenvalue weighted by atomic mass is 35.5. The Kier molecular flexibility index (Phi) is 8.41. The molecule has 0 amide bonds. The number of hydrogen-bond donors (Lipinski definition) is 2. The van der Waals surface area contributed by atoms with Crippen molar-refractivity contribution in [3.05, 3.63) is 52.4 Å². The number of rotatable bonds is 9. The van der Waals surface area contributed by atoms with E-state index < -0.39 is 30.2 Å². The number of ether oxygens (including phenoxy) is 1. The van der Waals surface area contributed by atoms with Crippen molar-refractivity contribution in [1.82, 2.24) is 14.9 Å². The van der Waals surface area contributed by atoms with E-state index in [1.807, 2.05) is 19.2 Å². The molecular formula is C23H25ClF2N5O5PS. The fraction of sp³-hybridized carbons (Fsp3) is 0.304. The van der Waals surface area contributed by atoms with Crippen molar-refractivity contribution in [3.8, 4) is 17.2 Å². The predicted octanol–water partition coefficient (Wildman–Crippen LogP) is 5.38. The minimum Gasteiger partial charge on any atom is -0.495 e. The molecule has 2 N–H and O–H groups in total. The number of fused-ring (bicyclic) bond motifs is 1. The van der Waals surface area contributed by atoms with E-state index in [1.54, 1.807) is 20.4 Å². The lowest BCUT2D eigenvalue weighted by Crippen LogP contribution is -2.26. The highest BCUT2D eigenvalue weighted by molar-refractivity contribution is 7.81. The van der Waals surface area contributed by atoms with Gasteiger partial charge in [-0.1, -0.05) is 15.5 Å². The topological polar surface area (TPSA) is 115 Å². The second-order valence-electron chi connectivity index (χ2n) is 8.61. The molecule has 0 bridgehead atoms. The Bertz CT molecular complexity index is 1460. The number of nitrogens with zero attached hydrogens (tertiary/aromatic N) is 3. The van der Waals surface area contributed by atoms with Crippen molar-refractivity contribution in [2.75, 3.05) is 44.7 Å². The van der Waals surface area contributed by atoms with Gasteiger partial charge in [-0.25, -0.2) is 9.37 Å². The number of methoxy groups -OCH3 is 1. The van der Waals surface area contributed by atoms with Gasteiger partial charge in [-0.15, -0.1) is 0 Å². The minimum absolute atomic E-state index is 0.0351. The van der Waals surface area contributed by atoms with E-state index in [2.05, 4.69) is 29.7 Å². The van der Waals surface area contributed by atoms with Crippen molar-refractivity contribution < 1.29 is 30.1 Å². The molecule has 3 aromatic rings. The fourth-order valence-corrected chi connectivity index (χ4v) is 4.86. The molecule has 2 aromatic carbocycles. The summed E-state index contributed by atoms with van der Waals surface area (Å²) in [4.78, 5) is 10.8. The highest BCUT2D eigenvalue weighted by Crippen LogP contribution is 2.42. The normalized spacial score (nSPS) is 13.7. The van der Waals surface area contributed by atoms with Gasteiger partial charge in [0.2, 0.25) is 5.95 Å². The van der Waals surface area contributed by atoms with Gasteiger partial charge in [0.25, 0.3) is 0 Å². The van der Waals surface area contributed by atoms with Gasteiger partial charge in [0.15, 0.2) is 23.1 Å². The van der Waals surface area contributed by atoms with Crippen molar-refractivity contribution in [2.24, 2.45) is 0 Å². The van der Waals surface area contributed by atoms with Crippen LogP contribution in [-0.4, -0.2) is 57.3 Å². The van der Waals surface area contributed by atoms with Crippen molar-refractivity contribution in [1.29, 1.82) is 0 Å². The first-order valence-corrected chi connectivity index (χ1v) is 15.0.